The van der Waals surface area contributed by atoms with Gasteiger partial charge in [0.15, 0.2) is 11.5 Å². The van der Waals surface area contributed by atoms with E-state index in [0.717, 1.165) is 28.4 Å². The maximum atomic E-state index is 6.23. The molecule has 2 aliphatic heterocycles. The van der Waals surface area contributed by atoms with Crippen molar-refractivity contribution in [1.82, 2.24) is 0 Å². The first-order valence-corrected chi connectivity index (χ1v) is 7.49. The minimum atomic E-state index is -0.147. The smallest absolute Gasteiger partial charge is 0.171 e. The summed E-state index contributed by atoms with van der Waals surface area (Å²) in [6, 6.07) is 9.66. The van der Waals surface area contributed by atoms with E-state index in [-0.39, 0.29) is 12.0 Å². The van der Waals surface area contributed by atoms with Gasteiger partial charge in [-0.15, -0.1) is 0 Å². The monoisotopic (exact) mass is 314 g/mol. The van der Waals surface area contributed by atoms with Gasteiger partial charge in [-0.05, 0) is 18.2 Å². The fourth-order valence-electron chi connectivity index (χ4n) is 3.38. The number of ether oxygens (including phenoxy) is 5. The molecule has 23 heavy (non-hydrogen) atoms. The van der Waals surface area contributed by atoms with E-state index in [2.05, 4.69) is 0 Å². The van der Waals surface area contributed by atoms with Crippen molar-refractivity contribution in [3.63, 3.8) is 0 Å². The molecule has 2 aromatic carbocycles. The van der Waals surface area contributed by atoms with E-state index in [1.165, 1.54) is 0 Å². The van der Waals surface area contributed by atoms with E-state index in [9.17, 15) is 0 Å². The van der Waals surface area contributed by atoms with Gasteiger partial charge in [0.05, 0.1) is 39.4 Å². The molecule has 0 N–H and O–H groups in total. The standard InChI is InChI=1S/C18H18O5/c1-19-10-4-5-11-12-9-22-13-6-7-14(20-2)18(21-3)16(13)17(12)23-15(11)8-10/h4-8,12,17H,9H2,1-3H3/t12-,17+/m0/s1. The molecule has 0 spiro atoms. The molecular weight excluding hydrogens is 296 g/mol. The highest BCUT2D eigenvalue weighted by Crippen LogP contribution is 2.55. The second-order valence-corrected chi connectivity index (χ2v) is 5.57. The van der Waals surface area contributed by atoms with Crippen LogP contribution in [-0.2, 0) is 0 Å². The second-order valence-electron chi connectivity index (χ2n) is 5.57. The number of methoxy groups -OCH3 is 3. The molecule has 2 atom stereocenters. The highest BCUT2D eigenvalue weighted by atomic mass is 16.5. The van der Waals surface area contributed by atoms with Crippen molar-refractivity contribution in [1.29, 1.82) is 0 Å². The van der Waals surface area contributed by atoms with E-state index in [1.807, 2.05) is 30.3 Å². The molecule has 0 radical (unpaired) electrons. The van der Waals surface area contributed by atoms with E-state index in [1.54, 1.807) is 21.3 Å². The van der Waals surface area contributed by atoms with E-state index in [0.29, 0.717) is 18.1 Å². The summed E-state index contributed by atoms with van der Waals surface area (Å²) in [5, 5.41) is 0. The second kappa shape index (κ2) is 5.26. The summed E-state index contributed by atoms with van der Waals surface area (Å²) in [5.41, 5.74) is 2.03. The Bertz CT molecular complexity index is 755. The van der Waals surface area contributed by atoms with E-state index in [4.69, 9.17) is 23.7 Å². The molecule has 0 saturated carbocycles. The zero-order valence-electron chi connectivity index (χ0n) is 13.3. The van der Waals surface area contributed by atoms with Crippen molar-refractivity contribution in [3.8, 4) is 28.7 Å². The van der Waals surface area contributed by atoms with Gasteiger partial charge < -0.3 is 23.7 Å². The lowest BCUT2D eigenvalue weighted by atomic mass is 9.88. The van der Waals surface area contributed by atoms with Gasteiger partial charge in [0.2, 0.25) is 0 Å². The third kappa shape index (κ3) is 2.00. The van der Waals surface area contributed by atoms with Gasteiger partial charge in [-0.1, -0.05) is 6.07 Å². The average molecular weight is 314 g/mol. The summed E-state index contributed by atoms with van der Waals surface area (Å²) in [4.78, 5) is 0. The molecule has 5 nitrogen and oxygen atoms in total. The van der Waals surface area contributed by atoms with Crippen LogP contribution in [-0.4, -0.2) is 27.9 Å². The zero-order valence-corrected chi connectivity index (χ0v) is 13.3. The number of hydrogen-bond acceptors (Lipinski definition) is 5. The third-order valence-corrected chi connectivity index (χ3v) is 4.49. The number of rotatable bonds is 3. The molecular formula is C18H18O5. The largest absolute Gasteiger partial charge is 0.497 e. The van der Waals surface area contributed by atoms with Gasteiger partial charge in [-0.25, -0.2) is 0 Å². The minimum Gasteiger partial charge on any atom is -0.497 e. The predicted molar refractivity (Wildman–Crippen MR) is 84.1 cm³/mol. The third-order valence-electron chi connectivity index (χ3n) is 4.49. The number of benzene rings is 2. The summed E-state index contributed by atoms with van der Waals surface area (Å²) >= 11 is 0. The van der Waals surface area contributed by atoms with E-state index < -0.39 is 0 Å². The van der Waals surface area contributed by atoms with Crippen molar-refractivity contribution < 1.29 is 23.7 Å². The maximum absolute atomic E-state index is 6.23. The molecule has 0 amide bonds. The Morgan fingerprint density at radius 3 is 2.57 bits per heavy atom. The first-order valence-electron chi connectivity index (χ1n) is 7.49. The van der Waals surface area contributed by atoms with Gasteiger partial charge >= 0.3 is 0 Å². The lowest BCUT2D eigenvalue weighted by molar-refractivity contribution is 0.134. The lowest BCUT2D eigenvalue weighted by Gasteiger charge is -2.29. The molecule has 0 aliphatic carbocycles. The predicted octanol–water partition coefficient (Wildman–Crippen LogP) is 3.32. The van der Waals surface area contributed by atoms with E-state index >= 15 is 0 Å². The fourth-order valence-corrected chi connectivity index (χ4v) is 3.38. The number of hydrogen-bond donors (Lipinski definition) is 0. The van der Waals surface area contributed by atoms with Crippen LogP contribution >= 0.6 is 0 Å². The maximum Gasteiger partial charge on any atom is 0.171 e. The molecule has 0 saturated heterocycles. The van der Waals surface area contributed by atoms with Crippen molar-refractivity contribution in [2.75, 3.05) is 27.9 Å². The van der Waals surface area contributed by atoms with Gasteiger partial charge in [0.1, 0.15) is 23.4 Å². The Morgan fingerprint density at radius 1 is 0.957 bits per heavy atom. The molecule has 2 aliphatic rings. The normalized spacial score (nSPS) is 20.5. The molecule has 0 aromatic heterocycles. The Labute approximate surface area is 134 Å². The first-order chi connectivity index (χ1) is 11.3. The SMILES string of the molecule is COc1ccc2c(c1)O[C@H]1c3c(ccc(OC)c3OC)OC[C@@H]21. The van der Waals surface area contributed by atoms with Crippen molar-refractivity contribution >= 4 is 0 Å². The van der Waals surface area contributed by atoms with Crippen molar-refractivity contribution in [2.24, 2.45) is 0 Å². The van der Waals surface area contributed by atoms with Crippen LogP contribution in [0.2, 0.25) is 0 Å². The molecule has 2 aromatic rings. The van der Waals surface area contributed by atoms with Crippen LogP contribution in [0, 0.1) is 0 Å². The summed E-state index contributed by atoms with van der Waals surface area (Å²) in [6.45, 7) is 0.576. The lowest BCUT2D eigenvalue weighted by Crippen LogP contribution is -2.24. The molecule has 0 fully saturated rings. The Hall–Kier alpha value is -2.56. The summed E-state index contributed by atoms with van der Waals surface area (Å²) in [6.07, 6.45) is -0.147. The first kappa shape index (κ1) is 14.1. The van der Waals surface area contributed by atoms with Crippen LogP contribution in [0.5, 0.6) is 28.7 Å². The van der Waals surface area contributed by atoms with Crippen LogP contribution < -0.4 is 23.7 Å². The molecule has 0 unspecified atom stereocenters. The van der Waals surface area contributed by atoms with Crippen molar-refractivity contribution in [2.45, 2.75) is 12.0 Å². The van der Waals surface area contributed by atoms with Crippen LogP contribution in [0.15, 0.2) is 30.3 Å². The van der Waals surface area contributed by atoms with Crippen LogP contribution in [0.4, 0.5) is 0 Å². The van der Waals surface area contributed by atoms with Crippen LogP contribution in [0.1, 0.15) is 23.1 Å². The van der Waals surface area contributed by atoms with Crippen molar-refractivity contribution in [3.05, 3.63) is 41.5 Å². The Morgan fingerprint density at radius 2 is 1.83 bits per heavy atom. The van der Waals surface area contributed by atoms with Crippen LogP contribution in [0.3, 0.4) is 0 Å². The summed E-state index contributed by atoms with van der Waals surface area (Å²) < 4.78 is 28.4. The van der Waals surface area contributed by atoms with Gasteiger partial charge in [0.25, 0.3) is 0 Å². The summed E-state index contributed by atoms with van der Waals surface area (Å²) in [5.74, 6) is 3.86. The van der Waals surface area contributed by atoms with Gasteiger partial charge in [0, 0.05) is 11.6 Å². The molecule has 4 rings (SSSR count). The quantitative estimate of drug-likeness (QED) is 0.869. The van der Waals surface area contributed by atoms with Gasteiger partial charge in [-0.3, -0.25) is 0 Å². The zero-order chi connectivity index (χ0) is 16.0. The minimum absolute atomic E-state index is 0.129. The van der Waals surface area contributed by atoms with Gasteiger partial charge in [-0.2, -0.15) is 0 Å². The highest BCUT2D eigenvalue weighted by molar-refractivity contribution is 5.59. The fraction of sp³-hybridized carbons (Fsp3) is 0.333. The Kier molecular flexibility index (Phi) is 3.22. The number of fused-ring (bicyclic) bond motifs is 5. The highest BCUT2D eigenvalue weighted by Gasteiger charge is 2.43. The van der Waals surface area contributed by atoms with Crippen LogP contribution in [0.25, 0.3) is 0 Å². The molecule has 0 bridgehead atoms. The molecule has 2 heterocycles. The molecule has 5 heteroatoms. The topological polar surface area (TPSA) is 46.2 Å². The summed E-state index contributed by atoms with van der Waals surface area (Å²) in [7, 11) is 4.91. The Balaban J connectivity index is 1.83. The molecule has 120 valence electrons. The average Bonchev–Trinajstić information content (AvgIpc) is 2.98.